The number of carbonyl (C=O) groups excluding carboxylic acids is 1. The average molecular weight is 288 g/mol. The molecule has 0 aliphatic rings. The molecule has 0 radical (unpaired) electrons. The molecular formula is C14H16N4O3. The van der Waals surface area contributed by atoms with Gasteiger partial charge in [0.05, 0.1) is 6.33 Å². The smallest absolute Gasteiger partial charge is 0.322 e. The zero-order chi connectivity index (χ0) is 15.1. The summed E-state index contributed by atoms with van der Waals surface area (Å²) in [6.45, 7) is 0.304. The van der Waals surface area contributed by atoms with Crippen molar-refractivity contribution in [2.24, 2.45) is 0 Å². The number of H-pyrrole nitrogens is 1. The van der Waals surface area contributed by atoms with Gasteiger partial charge in [-0.2, -0.15) is 0 Å². The van der Waals surface area contributed by atoms with Gasteiger partial charge in [0.15, 0.2) is 0 Å². The Morgan fingerprint density at radius 1 is 1.33 bits per heavy atom. The van der Waals surface area contributed by atoms with E-state index in [2.05, 4.69) is 20.6 Å². The number of carboxylic acids is 1. The molecule has 110 valence electrons. The maximum absolute atomic E-state index is 12.0. The quantitative estimate of drug-likeness (QED) is 0.605. The van der Waals surface area contributed by atoms with Gasteiger partial charge in [0.2, 0.25) is 0 Å². The number of nitrogens with one attached hydrogen (secondary N) is 3. The third kappa shape index (κ3) is 4.64. The van der Waals surface area contributed by atoms with E-state index < -0.39 is 5.97 Å². The van der Waals surface area contributed by atoms with E-state index in [0.29, 0.717) is 24.2 Å². The largest absolute Gasteiger partial charge is 0.480 e. The number of imidazole rings is 1. The Labute approximate surface area is 121 Å². The van der Waals surface area contributed by atoms with E-state index in [0.717, 1.165) is 5.69 Å². The zero-order valence-corrected chi connectivity index (χ0v) is 11.3. The topological polar surface area (TPSA) is 107 Å². The van der Waals surface area contributed by atoms with Crippen LogP contribution in [-0.2, 0) is 11.2 Å². The second-order valence-electron chi connectivity index (χ2n) is 4.41. The highest BCUT2D eigenvalue weighted by molar-refractivity contribution is 5.95. The van der Waals surface area contributed by atoms with Gasteiger partial charge in [0.25, 0.3) is 5.91 Å². The van der Waals surface area contributed by atoms with E-state index in [9.17, 15) is 9.59 Å². The maximum atomic E-state index is 12.0. The van der Waals surface area contributed by atoms with Crippen molar-refractivity contribution in [1.82, 2.24) is 15.3 Å². The van der Waals surface area contributed by atoms with E-state index in [1.807, 2.05) is 0 Å². The van der Waals surface area contributed by atoms with E-state index in [1.54, 1.807) is 36.8 Å². The lowest BCUT2D eigenvalue weighted by Crippen LogP contribution is -2.25. The summed E-state index contributed by atoms with van der Waals surface area (Å²) in [5, 5.41) is 14.1. The molecule has 1 aromatic carbocycles. The molecule has 0 fully saturated rings. The molecule has 2 aromatic rings. The van der Waals surface area contributed by atoms with Gasteiger partial charge in [-0.15, -0.1) is 0 Å². The van der Waals surface area contributed by atoms with Crippen molar-refractivity contribution in [2.45, 2.75) is 6.42 Å². The van der Waals surface area contributed by atoms with Crippen LogP contribution in [-0.4, -0.2) is 40.0 Å². The Hall–Kier alpha value is -2.83. The summed E-state index contributed by atoms with van der Waals surface area (Å²) >= 11 is 0. The van der Waals surface area contributed by atoms with Crippen molar-refractivity contribution >= 4 is 17.6 Å². The first-order valence-electron chi connectivity index (χ1n) is 6.46. The normalized spacial score (nSPS) is 10.1. The van der Waals surface area contributed by atoms with Gasteiger partial charge < -0.3 is 20.7 Å². The lowest BCUT2D eigenvalue weighted by Gasteiger charge is -2.07. The van der Waals surface area contributed by atoms with Crippen molar-refractivity contribution < 1.29 is 14.7 Å². The second kappa shape index (κ2) is 7.09. The Bertz CT molecular complexity index is 610. The first kappa shape index (κ1) is 14.6. The molecule has 21 heavy (non-hydrogen) atoms. The summed E-state index contributed by atoms with van der Waals surface area (Å²) in [5.74, 6) is -1.15. The molecule has 7 heteroatoms. The maximum Gasteiger partial charge on any atom is 0.322 e. The molecule has 1 amide bonds. The number of aromatic nitrogens is 2. The number of aromatic amines is 1. The molecule has 0 atom stereocenters. The molecule has 0 bridgehead atoms. The summed E-state index contributed by atoms with van der Waals surface area (Å²) in [6, 6.07) is 6.71. The van der Waals surface area contributed by atoms with Crippen LogP contribution in [0.4, 0.5) is 5.69 Å². The molecular weight excluding hydrogens is 272 g/mol. The molecule has 0 unspecified atom stereocenters. The van der Waals surface area contributed by atoms with Crippen LogP contribution in [0, 0.1) is 0 Å². The zero-order valence-electron chi connectivity index (χ0n) is 11.3. The molecule has 0 aliphatic carbocycles. The number of nitrogens with zero attached hydrogens (tertiary/aromatic N) is 1. The molecule has 2 rings (SSSR count). The average Bonchev–Trinajstić information content (AvgIpc) is 2.98. The van der Waals surface area contributed by atoms with E-state index >= 15 is 0 Å². The number of anilines is 1. The summed E-state index contributed by atoms with van der Waals surface area (Å²) in [7, 11) is 0. The van der Waals surface area contributed by atoms with E-state index in [4.69, 9.17) is 5.11 Å². The van der Waals surface area contributed by atoms with E-state index in [1.165, 1.54) is 0 Å². The SMILES string of the molecule is O=C(O)CNc1cccc(C(=O)NCCc2cnc[nH]2)c1. The van der Waals surface area contributed by atoms with Gasteiger partial charge in [0.1, 0.15) is 6.54 Å². The summed E-state index contributed by atoms with van der Waals surface area (Å²) in [5.41, 5.74) is 2.03. The fourth-order valence-corrected chi connectivity index (χ4v) is 1.78. The van der Waals surface area contributed by atoms with Gasteiger partial charge in [0, 0.05) is 36.1 Å². The molecule has 0 spiro atoms. The van der Waals surface area contributed by atoms with Crippen molar-refractivity contribution in [3.05, 3.63) is 48.0 Å². The minimum absolute atomic E-state index is 0.190. The van der Waals surface area contributed by atoms with Crippen molar-refractivity contribution in [3.8, 4) is 0 Å². The van der Waals surface area contributed by atoms with Crippen LogP contribution in [0.3, 0.4) is 0 Å². The fraction of sp³-hybridized carbons (Fsp3) is 0.214. The van der Waals surface area contributed by atoms with Crippen LogP contribution >= 0.6 is 0 Å². The minimum Gasteiger partial charge on any atom is -0.480 e. The number of aliphatic carboxylic acids is 1. The second-order valence-corrected chi connectivity index (χ2v) is 4.41. The Kier molecular flexibility index (Phi) is 4.92. The van der Waals surface area contributed by atoms with Crippen LogP contribution in [0.2, 0.25) is 0 Å². The lowest BCUT2D eigenvalue weighted by molar-refractivity contribution is -0.134. The third-order valence-corrected chi connectivity index (χ3v) is 2.80. The first-order chi connectivity index (χ1) is 10.1. The number of benzene rings is 1. The van der Waals surface area contributed by atoms with Gasteiger partial charge >= 0.3 is 5.97 Å². The van der Waals surface area contributed by atoms with Crippen LogP contribution < -0.4 is 10.6 Å². The Morgan fingerprint density at radius 3 is 2.90 bits per heavy atom. The van der Waals surface area contributed by atoms with E-state index in [-0.39, 0.29) is 12.5 Å². The molecule has 0 saturated carbocycles. The summed E-state index contributed by atoms with van der Waals surface area (Å²) < 4.78 is 0. The Balaban J connectivity index is 1.86. The van der Waals surface area contributed by atoms with Crippen molar-refractivity contribution in [3.63, 3.8) is 0 Å². The molecule has 1 heterocycles. The molecule has 0 saturated heterocycles. The van der Waals surface area contributed by atoms with Crippen LogP contribution in [0.15, 0.2) is 36.8 Å². The van der Waals surface area contributed by atoms with Crippen molar-refractivity contribution in [1.29, 1.82) is 0 Å². The molecule has 7 nitrogen and oxygen atoms in total. The molecule has 0 aliphatic heterocycles. The number of carbonyl (C=O) groups is 2. The predicted octanol–water partition coefficient (Wildman–Crippen LogP) is 0.879. The predicted molar refractivity (Wildman–Crippen MR) is 77.2 cm³/mol. The van der Waals surface area contributed by atoms with Gasteiger partial charge in [-0.25, -0.2) is 4.98 Å². The number of rotatable bonds is 7. The first-order valence-corrected chi connectivity index (χ1v) is 6.46. The van der Waals surface area contributed by atoms with Crippen LogP contribution in [0.25, 0.3) is 0 Å². The third-order valence-electron chi connectivity index (χ3n) is 2.80. The number of amides is 1. The van der Waals surface area contributed by atoms with Crippen LogP contribution in [0.5, 0.6) is 0 Å². The Morgan fingerprint density at radius 2 is 2.19 bits per heavy atom. The monoisotopic (exact) mass is 288 g/mol. The summed E-state index contributed by atoms with van der Waals surface area (Å²) in [4.78, 5) is 29.3. The number of carboxylic acid groups (broad SMARTS) is 1. The van der Waals surface area contributed by atoms with Gasteiger partial charge in [-0.05, 0) is 18.2 Å². The summed E-state index contributed by atoms with van der Waals surface area (Å²) in [6.07, 6.45) is 3.97. The minimum atomic E-state index is -0.954. The molecule has 1 aromatic heterocycles. The lowest BCUT2D eigenvalue weighted by atomic mass is 10.2. The number of hydrogen-bond acceptors (Lipinski definition) is 4. The van der Waals surface area contributed by atoms with Crippen LogP contribution in [0.1, 0.15) is 16.1 Å². The molecule has 4 N–H and O–H groups in total. The highest BCUT2D eigenvalue weighted by Crippen LogP contribution is 2.10. The van der Waals surface area contributed by atoms with Gasteiger partial charge in [-0.3, -0.25) is 9.59 Å². The fourth-order valence-electron chi connectivity index (χ4n) is 1.78. The highest BCUT2D eigenvalue weighted by Gasteiger charge is 2.06. The van der Waals surface area contributed by atoms with Crippen molar-refractivity contribution in [2.75, 3.05) is 18.4 Å². The standard InChI is InChI=1S/C14H16N4O3/c19-13(20)8-17-11-3-1-2-10(6-11)14(21)16-5-4-12-7-15-9-18-12/h1-3,6-7,9,17H,4-5,8H2,(H,15,18)(H,16,21)(H,19,20). The number of hydrogen-bond donors (Lipinski definition) is 4. The van der Waals surface area contributed by atoms with Gasteiger partial charge in [-0.1, -0.05) is 6.07 Å². The highest BCUT2D eigenvalue weighted by atomic mass is 16.4.